The molecule has 1 aromatic heterocycles. The van der Waals surface area contributed by atoms with E-state index < -0.39 is 0 Å². The minimum absolute atomic E-state index is 0.108. The van der Waals surface area contributed by atoms with Crippen LogP contribution in [0.15, 0.2) is 94.6 Å². The van der Waals surface area contributed by atoms with E-state index in [0.29, 0.717) is 5.75 Å². The monoisotopic (exact) mass is 461 g/mol. The Balaban J connectivity index is 1.43. The molecule has 4 rings (SSSR count). The SMILES string of the molecule is O=C(COc1cccc(Br)c1)N/N=C/c1cn(Cc2ccccc2)c2ccccc12. The molecule has 0 aliphatic heterocycles. The fraction of sp³-hybridized carbons (Fsp3) is 0.0833. The molecular formula is C24H20BrN3O2. The number of hydrazone groups is 1. The van der Waals surface area contributed by atoms with E-state index in [1.54, 1.807) is 18.3 Å². The zero-order valence-electron chi connectivity index (χ0n) is 16.2. The third kappa shape index (κ3) is 4.96. The Morgan fingerprint density at radius 2 is 1.83 bits per heavy atom. The van der Waals surface area contributed by atoms with Gasteiger partial charge < -0.3 is 9.30 Å². The van der Waals surface area contributed by atoms with Gasteiger partial charge in [0.15, 0.2) is 6.61 Å². The zero-order chi connectivity index (χ0) is 20.8. The lowest BCUT2D eigenvalue weighted by Crippen LogP contribution is -2.24. The molecule has 0 aliphatic rings. The highest BCUT2D eigenvalue weighted by atomic mass is 79.9. The minimum atomic E-state index is -0.320. The van der Waals surface area contributed by atoms with Gasteiger partial charge in [0.1, 0.15) is 5.75 Å². The number of fused-ring (bicyclic) bond motifs is 1. The van der Waals surface area contributed by atoms with Crippen molar-refractivity contribution < 1.29 is 9.53 Å². The third-order valence-corrected chi connectivity index (χ3v) is 5.07. The number of nitrogens with zero attached hydrogens (tertiary/aromatic N) is 2. The molecule has 0 bridgehead atoms. The first-order chi connectivity index (χ1) is 14.7. The first-order valence-electron chi connectivity index (χ1n) is 9.51. The molecule has 0 spiro atoms. The predicted molar refractivity (Wildman–Crippen MR) is 123 cm³/mol. The van der Waals surface area contributed by atoms with Crippen molar-refractivity contribution in [3.05, 3.63) is 101 Å². The Bertz CT molecular complexity index is 1190. The molecule has 150 valence electrons. The summed E-state index contributed by atoms with van der Waals surface area (Å²) >= 11 is 3.37. The molecule has 1 amide bonds. The Kier molecular flexibility index (Phi) is 6.25. The lowest BCUT2D eigenvalue weighted by Gasteiger charge is -2.05. The number of ether oxygens (including phenoxy) is 1. The second-order valence-corrected chi connectivity index (χ2v) is 7.67. The molecule has 0 fully saturated rings. The number of carbonyl (C=O) groups is 1. The van der Waals surface area contributed by atoms with Gasteiger partial charge in [0, 0.05) is 33.7 Å². The van der Waals surface area contributed by atoms with E-state index in [0.717, 1.165) is 27.5 Å². The lowest BCUT2D eigenvalue weighted by molar-refractivity contribution is -0.123. The van der Waals surface area contributed by atoms with Crippen LogP contribution < -0.4 is 10.2 Å². The maximum Gasteiger partial charge on any atom is 0.277 e. The van der Waals surface area contributed by atoms with Crippen LogP contribution >= 0.6 is 15.9 Å². The van der Waals surface area contributed by atoms with Gasteiger partial charge in [0.25, 0.3) is 5.91 Å². The van der Waals surface area contributed by atoms with E-state index in [-0.39, 0.29) is 12.5 Å². The molecule has 0 saturated heterocycles. The van der Waals surface area contributed by atoms with Crippen molar-refractivity contribution in [3.63, 3.8) is 0 Å². The second kappa shape index (κ2) is 9.41. The number of nitrogens with one attached hydrogen (secondary N) is 1. The van der Waals surface area contributed by atoms with Crippen LogP contribution in [0.5, 0.6) is 5.75 Å². The largest absolute Gasteiger partial charge is 0.484 e. The molecule has 0 unspecified atom stereocenters. The predicted octanol–water partition coefficient (Wildman–Crippen LogP) is 4.98. The van der Waals surface area contributed by atoms with Crippen LogP contribution in [0.2, 0.25) is 0 Å². The zero-order valence-corrected chi connectivity index (χ0v) is 17.7. The molecule has 6 heteroatoms. The molecule has 5 nitrogen and oxygen atoms in total. The number of benzene rings is 3. The van der Waals surface area contributed by atoms with E-state index in [9.17, 15) is 4.79 Å². The van der Waals surface area contributed by atoms with Crippen LogP contribution in [-0.4, -0.2) is 23.3 Å². The van der Waals surface area contributed by atoms with Crippen LogP contribution in [0.3, 0.4) is 0 Å². The number of rotatable bonds is 7. The fourth-order valence-electron chi connectivity index (χ4n) is 3.20. The van der Waals surface area contributed by atoms with Gasteiger partial charge in [-0.25, -0.2) is 5.43 Å². The molecule has 0 aliphatic carbocycles. The van der Waals surface area contributed by atoms with Gasteiger partial charge in [-0.05, 0) is 29.8 Å². The summed E-state index contributed by atoms with van der Waals surface area (Å²) in [6, 6.07) is 25.8. The molecule has 3 aromatic carbocycles. The Labute approximate surface area is 183 Å². The maximum atomic E-state index is 12.0. The maximum absolute atomic E-state index is 12.0. The van der Waals surface area contributed by atoms with Crippen LogP contribution in [0.4, 0.5) is 0 Å². The van der Waals surface area contributed by atoms with E-state index in [1.165, 1.54) is 5.56 Å². The summed E-state index contributed by atoms with van der Waals surface area (Å²) in [5.41, 5.74) is 5.80. The van der Waals surface area contributed by atoms with Gasteiger partial charge >= 0.3 is 0 Å². The highest BCUT2D eigenvalue weighted by Gasteiger charge is 2.07. The number of carbonyl (C=O) groups excluding carboxylic acids is 1. The Hall–Kier alpha value is -3.38. The number of para-hydroxylation sites is 1. The van der Waals surface area contributed by atoms with Crippen LogP contribution in [0.25, 0.3) is 10.9 Å². The molecule has 30 heavy (non-hydrogen) atoms. The quantitative estimate of drug-likeness (QED) is 0.311. The van der Waals surface area contributed by atoms with Crippen LogP contribution in [0.1, 0.15) is 11.1 Å². The average molecular weight is 462 g/mol. The lowest BCUT2D eigenvalue weighted by atomic mass is 10.2. The summed E-state index contributed by atoms with van der Waals surface area (Å²) in [6.07, 6.45) is 3.71. The van der Waals surface area contributed by atoms with Gasteiger partial charge in [0.05, 0.1) is 6.21 Å². The first-order valence-corrected chi connectivity index (χ1v) is 10.3. The molecule has 0 atom stereocenters. The molecule has 1 heterocycles. The van der Waals surface area contributed by atoms with Gasteiger partial charge in [-0.15, -0.1) is 0 Å². The average Bonchev–Trinajstić information content (AvgIpc) is 3.11. The smallest absolute Gasteiger partial charge is 0.277 e. The first kappa shape index (κ1) is 19.9. The molecule has 0 radical (unpaired) electrons. The topological polar surface area (TPSA) is 55.6 Å². The third-order valence-electron chi connectivity index (χ3n) is 4.57. The van der Waals surface area contributed by atoms with E-state index in [1.807, 2.05) is 48.7 Å². The van der Waals surface area contributed by atoms with Crippen molar-refractivity contribution >= 4 is 39.0 Å². The standard InChI is InChI=1S/C24H20BrN3O2/c25-20-9-6-10-21(13-20)30-17-24(29)27-26-14-19-16-28(15-18-7-2-1-3-8-18)23-12-5-4-11-22(19)23/h1-14,16H,15,17H2,(H,27,29)/b26-14+. The van der Waals surface area contributed by atoms with Crippen LogP contribution in [-0.2, 0) is 11.3 Å². The Morgan fingerprint density at radius 1 is 1.03 bits per heavy atom. The second-order valence-electron chi connectivity index (χ2n) is 6.75. The van der Waals surface area contributed by atoms with Gasteiger partial charge in [-0.1, -0.05) is 70.5 Å². The number of amides is 1. The Morgan fingerprint density at radius 3 is 2.67 bits per heavy atom. The summed E-state index contributed by atoms with van der Waals surface area (Å²) in [7, 11) is 0. The van der Waals surface area contributed by atoms with Crippen molar-refractivity contribution in [2.45, 2.75) is 6.54 Å². The molecular weight excluding hydrogens is 442 g/mol. The normalized spacial score (nSPS) is 11.1. The van der Waals surface area contributed by atoms with Crippen molar-refractivity contribution in [1.82, 2.24) is 9.99 Å². The number of hydrogen-bond donors (Lipinski definition) is 1. The van der Waals surface area contributed by atoms with Gasteiger partial charge in [-0.3, -0.25) is 4.79 Å². The highest BCUT2D eigenvalue weighted by Crippen LogP contribution is 2.21. The summed E-state index contributed by atoms with van der Waals surface area (Å²) < 4.78 is 8.55. The number of aromatic nitrogens is 1. The van der Waals surface area contributed by atoms with Crippen molar-refractivity contribution in [1.29, 1.82) is 0 Å². The van der Waals surface area contributed by atoms with Gasteiger partial charge in [0.2, 0.25) is 0 Å². The van der Waals surface area contributed by atoms with Gasteiger partial charge in [-0.2, -0.15) is 5.10 Å². The molecule has 1 N–H and O–H groups in total. The summed E-state index contributed by atoms with van der Waals surface area (Å²) in [6.45, 7) is 0.658. The van der Waals surface area contributed by atoms with E-state index >= 15 is 0 Å². The molecule has 4 aromatic rings. The summed E-state index contributed by atoms with van der Waals surface area (Å²) in [5, 5.41) is 5.20. The highest BCUT2D eigenvalue weighted by molar-refractivity contribution is 9.10. The summed E-state index contributed by atoms with van der Waals surface area (Å²) in [5.74, 6) is 0.298. The van der Waals surface area contributed by atoms with Crippen molar-refractivity contribution in [3.8, 4) is 5.75 Å². The van der Waals surface area contributed by atoms with E-state index in [2.05, 4.69) is 55.3 Å². The van der Waals surface area contributed by atoms with Crippen molar-refractivity contribution in [2.75, 3.05) is 6.61 Å². The molecule has 0 saturated carbocycles. The van der Waals surface area contributed by atoms with Crippen molar-refractivity contribution in [2.24, 2.45) is 5.10 Å². The van der Waals surface area contributed by atoms with E-state index in [4.69, 9.17) is 4.74 Å². The minimum Gasteiger partial charge on any atom is -0.484 e. The fourth-order valence-corrected chi connectivity index (χ4v) is 3.58. The number of hydrogen-bond acceptors (Lipinski definition) is 3. The summed E-state index contributed by atoms with van der Waals surface area (Å²) in [4.78, 5) is 12.0. The number of halogens is 1. The van der Waals surface area contributed by atoms with Crippen LogP contribution in [0, 0.1) is 0 Å².